The Morgan fingerprint density at radius 3 is 2.14 bits per heavy atom. The quantitative estimate of drug-likeness (QED) is 0.869. The normalized spacial score (nSPS) is 16.9. The van der Waals surface area contributed by atoms with Gasteiger partial charge in [0.1, 0.15) is 11.9 Å². The Morgan fingerprint density at radius 1 is 1.14 bits per heavy atom. The van der Waals surface area contributed by atoms with Gasteiger partial charge in [-0.05, 0) is 52.3 Å². The van der Waals surface area contributed by atoms with Gasteiger partial charge in [-0.1, -0.05) is 30.3 Å². The third kappa shape index (κ3) is 5.98. The van der Waals surface area contributed by atoms with Crippen LogP contribution in [0.4, 0.5) is 0 Å². The van der Waals surface area contributed by atoms with Crippen LogP contribution in [0, 0.1) is 0 Å². The Balaban J connectivity index is 0.000000295. The minimum Gasteiger partial charge on any atom is -0.462 e. The molecule has 1 aliphatic heterocycles. The van der Waals surface area contributed by atoms with Crippen molar-refractivity contribution in [1.82, 2.24) is 5.32 Å². The monoisotopic (exact) mass is 305 g/mol. The van der Waals surface area contributed by atoms with Crippen LogP contribution in [-0.2, 0) is 19.7 Å². The van der Waals surface area contributed by atoms with E-state index in [1.807, 2.05) is 26.8 Å². The van der Waals surface area contributed by atoms with Crippen molar-refractivity contribution in [2.24, 2.45) is 0 Å². The summed E-state index contributed by atoms with van der Waals surface area (Å²) < 4.78 is 4.55. The van der Waals surface area contributed by atoms with E-state index in [-0.39, 0.29) is 11.0 Å². The van der Waals surface area contributed by atoms with Gasteiger partial charge in [0.2, 0.25) is 0 Å². The van der Waals surface area contributed by atoms with Gasteiger partial charge in [0.25, 0.3) is 6.47 Å². The van der Waals surface area contributed by atoms with Crippen molar-refractivity contribution < 1.29 is 14.3 Å². The molecular formula is C18H27NO3. The van der Waals surface area contributed by atoms with E-state index in [1.165, 1.54) is 5.56 Å². The van der Waals surface area contributed by atoms with E-state index in [9.17, 15) is 9.59 Å². The Bertz CT molecular complexity index is 445. The lowest BCUT2D eigenvalue weighted by Gasteiger charge is -2.36. The van der Waals surface area contributed by atoms with Crippen molar-refractivity contribution in [2.75, 3.05) is 13.1 Å². The van der Waals surface area contributed by atoms with Crippen LogP contribution >= 0.6 is 0 Å². The average Bonchev–Trinajstić information content (AvgIpc) is 2.49. The minimum atomic E-state index is -0.318. The van der Waals surface area contributed by atoms with E-state index < -0.39 is 0 Å². The van der Waals surface area contributed by atoms with E-state index in [0.717, 1.165) is 32.2 Å². The molecule has 1 heterocycles. The zero-order chi connectivity index (χ0) is 16.5. The number of piperidine rings is 1. The Morgan fingerprint density at radius 2 is 1.73 bits per heavy atom. The molecule has 0 atom stereocenters. The van der Waals surface area contributed by atoms with Crippen molar-refractivity contribution in [2.45, 2.75) is 51.0 Å². The van der Waals surface area contributed by atoms with Crippen LogP contribution < -0.4 is 5.32 Å². The molecule has 4 nitrogen and oxygen atoms in total. The lowest BCUT2D eigenvalue weighted by molar-refractivity contribution is -0.138. The van der Waals surface area contributed by atoms with E-state index in [0.29, 0.717) is 12.9 Å². The van der Waals surface area contributed by atoms with Gasteiger partial charge < -0.3 is 14.8 Å². The van der Waals surface area contributed by atoms with Crippen LogP contribution in [0.5, 0.6) is 0 Å². The summed E-state index contributed by atoms with van der Waals surface area (Å²) >= 11 is 0. The van der Waals surface area contributed by atoms with Gasteiger partial charge in [0.15, 0.2) is 0 Å². The predicted octanol–water partition coefficient (Wildman–Crippen LogP) is 2.85. The molecule has 1 aromatic carbocycles. The number of rotatable bonds is 4. The lowest BCUT2D eigenvalue weighted by Crippen LogP contribution is -2.40. The molecule has 0 radical (unpaired) electrons. The molecule has 122 valence electrons. The molecule has 0 aliphatic carbocycles. The second-order valence-electron chi connectivity index (χ2n) is 6.59. The third-order valence-corrected chi connectivity index (χ3v) is 3.82. The zero-order valence-corrected chi connectivity index (χ0v) is 13.8. The SMILES string of the molecule is CC(C)(C)OC=O.O=CCC1(c2ccccc2)CCNCC1. The fraction of sp³-hybridized carbons (Fsp3) is 0.556. The highest BCUT2D eigenvalue weighted by Crippen LogP contribution is 2.35. The summed E-state index contributed by atoms with van der Waals surface area (Å²) in [5.74, 6) is 0. The first kappa shape index (κ1) is 18.4. The highest BCUT2D eigenvalue weighted by atomic mass is 16.5. The molecule has 1 aliphatic rings. The highest BCUT2D eigenvalue weighted by molar-refractivity contribution is 5.53. The Kier molecular flexibility index (Phi) is 7.25. The summed E-state index contributed by atoms with van der Waals surface area (Å²) in [6.45, 7) is 7.95. The smallest absolute Gasteiger partial charge is 0.293 e. The Labute approximate surface area is 133 Å². The van der Waals surface area contributed by atoms with E-state index >= 15 is 0 Å². The van der Waals surface area contributed by atoms with Gasteiger partial charge in [-0.3, -0.25) is 4.79 Å². The van der Waals surface area contributed by atoms with Crippen molar-refractivity contribution >= 4 is 12.8 Å². The predicted molar refractivity (Wildman–Crippen MR) is 87.8 cm³/mol. The van der Waals surface area contributed by atoms with Gasteiger partial charge in [0.05, 0.1) is 0 Å². The number of ether oxygens (including phenoxy) is 1. The molecule has 0 spiro atoms. The first-order valence-corrected chi connectivity index (χ1v) is 7.75. The van der Waals surface area contributed by atoms with Crippen LogP contribution in [0.3, 0.4) is 0 Å². The van der Waals surface area contributed by atoms with Crippen LogP contribution in [0.25, 0.3) is 0 Å². The molecule has 4 heteroatoms. The molecule has 22 heavy (non-hydrogen) atoms. The maximum atomic E-state index is 10.8. The second kappa shape index (κ2) is 8.69. The minimum absolute atomic E-state index is 0.0915. The number of nitrogens with one attached hydrogen (secondary N) is 1. The van der Waals surface area contributed by atoms with Crippen LogP contribution in [0.15, 0.2) is 30.3 Å². The highest BCUT2D eigenvalue weighted by Gasteiger charge is 2.33. The van der Waals surface area contributed by atoms with Gasteiger partial charge in [-0.2, -0.15) is 0 Å². The third-order valence-electron chi connectivity index (χ3n) is 3.82. The number of benzene rings is 1. The van der Waals surface area contributed by atoms with Crippen molar-refractivity contribution in [3.63, 3.8) is 0 Å². The van der Waals surface area contributed by atoms with Crippen LogP contribution in [0.1, 0.15) is 45.6 Å². The summed E-state index contributed by atoms with van der Waals surface area (Å²) in [6, 6.07) is 10.4. The van der Waals surface area contributed by atoms with E-state index in [4.69, 9.17) is 0 Å². The first-order valence-electron chi connectivity index (χ1n) is 7.75. The van der Waals surface area contributed by atoms with E-state index in [1.54, 1.807) is 0 Å². The number of carbonyl (C=O) groups is 2. The Hall–Kier alpha value is -1.68. The molecule has 0 unspecified atom stereocenters. The lowest BCUT2D eigenvalue weighted by atomic mass is 9.71. The molecule has 0 saturated carbocycles. The van der Waals surface area contributed by atoms with Crippen molar-refractivity contribution in [3.8, 4) is 0 Å². The summed E-state index contributed by atoms with van der Waals surface area (Å²) in [7, 11) is 0. The second-order valence-corrected chi connectivity index (χ2v) is 6.59. The maximum Gasteiger partial charge on any atom is 0.293 e. The topological polar surface area (TPSA) is 55.4 Å². The summed E-state index contributed by atoms with van der Waals surface area (Å²) in [5, 5.41) is 3.35. The summed E-state index contributed by atoms with van der Waals surface area (Å²) in [5.41, 5.74) is 1.09. The van der Waals surface area contributed by atoms with Gasteiger partial charge >= 0.3 is 0 Å². The molecule has 1 N–H and O–H groups in total. The molecule has 1 aromatic rings. The first-order chi connectivity index (χ1) is 10.4. The zero-order valence-electron chi connectivity index (χ0n) is 13.8. The van der Waals surface area contributed by atoms with Crippen molar-refractivity contribution in [3.05, 3.63) is 35.9 Å². The van der Waals surface area contributed by atoms with Crippen LogP contribution in [-0.4, -0.2) is 31.4 Å². The molecule has 0 aromatic heterocycles. The molecule has 1 fully saturated rings. The van der Waals surface area contributed by atoms with Crippen molar-refractivity contribution in [1.29, 1.82) is 0 Å². The number of hydrogen-bond donors (Lipinski definition) is 1. The standard InChI is InChI=1S/C13H17NO.C5H10O2/c15-11-8-13(6-9-14-10-7-13)12-4-2-1-3-5-12;1-5(2,3)7-4-6/h1-5,11,14H,6-10H2;4H,1-3H3. The molecule has 0 bridgehead atoms. The number of aldehydes is 1. The largest absolute Gasteiger partial charge is 0.462 e. The fourth-order valence-corrected chi connectivity index (χ4v) is 2.61. The van der Waals surface area contributed by atoms with Gasteiger partial charge in [-0.15, -0.1) is 0 Å². The summed E-state index contributed by atoms with van der Waals surface area (Å²) in [4.78, 5) is 20.4. The van der Waals surface area contributed by atoms with Gasteiger partial charge in [-0.25, -0.2) is 0 Å². The molecule has 0 amide bonds. The number of hydrogen-bond acceptors (Lipinski definition) is 4. The number of carbonyl (C=O) groups excluding carboxylic acids is 2. The molecule has 1 saturated heterocycles. The maximum absolute atomic E-state index is 10.8. The van der Waals surface area contributed by atoms with Crippen LogP contribution in [0.2, 0.25) is 0 Å². The summed E-state index contributed by atoms with van der Waals surface area (Å²) in [6.07, 6.45) is 3.85. The molecular weight excluding hydrogens is 278 g/mol. The molecule has 2 rings (SSSR count). The fourth-order valence-electron chi connectivity index (χ4n) is 2.61. The van der Waals surface area contributed by atoms with E-state index in [2.05, 4.69) is 34.3 Å². The van der Waals surface area contributed by atoms with Gasteiger partial charge in [0, 0.05) is 11.8 Å². The average molecular weight is 305 g/mol.